The Balaban J connectivity index is 2.59. The lowest BCUT2D eigenvalue weighted by atomic mass is 10.2. The molecule has 0 aliphatic carbocycles. The highest BCUT2D eigenvalue weighted by Gasteiger charge is 2.18. The predicted molar refractivity (Wildman–Crippen MR) is 69.1 cm³/mol. The number of esters is 1. The number of carbonyl (C=O) groups is 2. The van der Waals surface area contributed by atoms with Gasteiger partial charge in [-0.1, -0.05) is 11.6 Å². The molecule has 0 aromatic carbocycles. The summed E-state index contributed by atoms with van der Waals surface area (Å²) in [6.45, 7) is 4.90. The topological polar surface area (TPSA) is 88.5 Å². The van der Waals surface area contributed by atoms with Crippen molar-refractivity contribution in [2.45, 2.75) is 26.4 Å². The quantitative estimate of drug-likeness (QED) is 0.822. The molecule has 1 rings (SSSR count). The van der Waals surface area contributed by atoms with Crippen LogP contribution in [0.3, 0.4) is 0 Å². The van der Waals surface area contributed by atoms with Gasteiger partial charge in [0.25, 0.3) is 5.91 Å². The Kier molecular flexibility index (Phi) is 4.72. The highest BCUT2D eigenvalue weighted by molar-refractivity contribution is 6.33. The summed E-state index contributed by atoms with van der Waals surface area (Å²) in [6.07, 6.45) is 1.09. The number of aromatic hydroxyl groups is 1. The van der Waals surface area contributed by atoms with E-state index >= 15 is 0 Å². The molecular weight excluding hydrogens is 272 g/mol. The van der Waals surface area contributed by atoms with E-state index in [9.17, 15) is 9.59 Å². The fraction of sp³-hybridized carbons (Fsp3) is 0.417. The van der Waals surface area contributed by atoms with Crippen molar-refractivity contribution in [2.24, 2.45) is 0 Å². The van der Waals surface area contributed by atoms with E-state index in [1.165, 1.54) is 6.07 Å². The zero-order valence-corrected chi connectivity index (χ0v) is 11.6. The third-order valence-electron chi connectivity index (χ3n) is 1.86. The normalized spacial score (nSPS) is 10.9. The molecule has 0 radical (unpaired) electrons. The smallest absolute Gasteiger partial charge is 0.325 e. The Bertz CT molecular complexity index is 497. The molecule has 0 bridgehead atoms. The van der Waals surface area contributed by atoms with Gasteiger partial charge in [-0.15, -0.1) is 0 Å². The third-order valence-corrected chi connectivity index (χ3v) is 2.14. The maximum absolute atomic E-state index is 11.7. The number of rotatable bonds is 3. The number of nitrogens with zero attached hydrogens (tertiary/aromatic N) is 1. The van der Waals surface area contributed by atoms with E-state index in [1.54, 1.807) is 20.8 Å². The zero-order valence-electron chi connectivity index (χ0n) is 10.9. The van der Waals surface area contributed by atoms with Crippen molar-refractivity contribution in [3.05, 3.63) is 23.0 Å². The summed E-state index contributed by atoms with van der Waals surface area (Å²) in [7, 11) is 0. The van der Waals surface area contributed by atoms with E-state index in [0.717, 1.165) is 6.20 Å². The van der Waals surface area contributed by atoms with Gasteiger partial charge in [-0.25, -0.2) is 4.98 Å². The molecule has 0 aliphatic heterocycles. The van der Waals surface area contributed by atoms with Crippen molar-refractivity contribution >= 4 is 23.5 Å². The summed E-state index contributed by atoms with van der Waals surface area (Å²) in [4.78, 5) is 26.8. The van der Waals surface area contributed by atoms with E-state index < -0.39 is 17.5 Å². The van der Waals surface area contributed by atoms with Gasteiger partial charge in [0.05, 0.1) is 11.2 Å². The number of ether oxygens (including phenoxy) is 1. The minimum absolute atomic E-state index is 0.00156. The van der Waals surface area contributed by atoms with Crippen LogP contribution in [0.15, 0.2) is 12.3 Å². The van der Waals surface area contributed by atoms with Crippen LogP contribution in [0.1, 0.15) is 31.3 Å². The summed E-state index contributed by atoms with van der Waals surface area (Å²) in [5.74, 6) is -1.32. The van der Waals surface area contributed by atoms with E-state index in [4.69, 9.17) is 21.4 Å². The molecule has 6 nitrogen and oxygen atoms in total. The molecule has 0 atom stereocenters. The Hall–Kier alpha value is -1.82. The van der Waals surface area contributed by atoms with E-state index in [1.807, 2.05) is 0 Å². The summed E-state index contributed by atoms with van der Waals surface area (Å²) < 4.78 is 5.03. The molecule has 104 valence electrons. The van der Waals surface area contributed by atoms with Gasteiger partial charge >= 0.3 is 5.97 Å². The summed E-state index contributed by atoms with van der Waals surface area (Å²) in [5, 5.41) is 11.5. The Morgan fingerprint density at radius 2 is 2.11 bits per heavy atom. The molecule has 7 heteroatoms. The fourth-order valence-electron chi connectivity index (χ4n) is 1.21. The average molecular weight is 287 g/mol. The molecule has 0 unspecified atom stereocenters. The first-order chi connectivity index (χ1) is 8.69. The Labute approximate surface area is 115 Å². The number of nitrogens with one attached hydrogen (secondary N) is 1. The monoisotopic (exact) mass is 286 g/mol. The van der Waals surface area contributed by atoms with Gasteiger partial charge in [-0.05, 0) is 20.8 Å². The number of hydrogen-bond acceptors (Lipinski definition) is 5. The second-order valence-electron chi connectivity index (χ2n) is 4.79. The van der Waals surface area contributed by atoms with E-state index in [-0.39, 0.29) is 23.0 Å². The van der Waals surface area contributed by atoms with Crippen molar-refractivity contribution in [3.8, 4) is 5.75 Å². The van der Waals surface area contributed by atoms with Crippen molar-refractivity contribution < 1.29 is 19.4 Å². The number of hydrogen-bond donors (Lipinski definition) is 2. The first kappa shape index (κ1) is 15.2. The number of carbonyl (C=O) groups excluding carboxylic acids is 2. The maximum atomic E-state index is 11.7. The molecule has 0 fully saturated rings. The average Bonchev–Trinajstić information content (AvgIpc) is 2.23. The largest absolute Gasteiger partial charge is 0.506 e. The minimum Gasteiger partial charge on any atom is -0.506 e. The molecule has 0 saturated heterocycles. The highest BCUT2D eigenvalue weighted by atomic mass is 35.5. The highest BCUT2D eigenvalue weighted by Crippen LogP contribution is 2.18. The maximum Gasteiger partial charge on any atom is 0.325 e. The first-order valence-corrected chi connectivity index (χ1v) is 5.91. The zero-order chi connectivity index (χ0) is 14.6. The molecule has 1 aromatic heterocycles. The van der Waals surface area contributed by atoms with Crippen LogP contribution >= 0.6 is 11.6 Å². The predicted octanol–water partition coefficient (Wildman–Crippen LogP) is 1.51. The Morgan fingerprint density at radius 3 is 2.63 bits per heavy atom. The van der Waals surface area contributed by atoms with Gasteiger partial charge in [0.1, 0.15) is 23.6 Å². The molecule has 0 aliphatic rings. The molecule has 1 heterocycles. The summed E-state index contributed by atoms with van der Waals surface area (Å²) in [6, 6.07) is 1.19. The van der Waals surface area contributed by atoms with Crippen LogP contribution in [0.2, 0.25) is 5.02 Å². The van der Waals surface area contributed by atoms with Gasteiger partial charge in [-0.2, -0.15) is 0 Å². The lowest BCUT2D eigenvalue weighted by molar-refractivity contribution is -0.153. The lowest BCUT2D eigenvalue weighted by Crippen LogP contribution is -2.35. The SMILES string of the molecule is CC(C)(C)OC(=O)CNC(=O)c1ncc(O)cc1Cl. The van der Waals surface area contributed by atoms with Crippen molar-refractivity contribution in [1.29, 1.82) is 0 Å². The first-order valence-electron chi connectivity index (χ1n) is 5.53. The molecular formula is C12H15ClN2O4. The molecule has 19 heavy (non-hydrogen) atoms. The van der Waals surface area contributed by atoms with Gasteiger partial charge in [0.15, 0.2) is 0 Å². The molecule has 0 spiro atoms. The van der Waals surface area contributed by atoms with Crippen molar-refractivity contribution in [3.63, 3.8) is 0 Å². The second-order valence-corrected chi connectivity index (χ2v) is 5.20. The van der Waals surface area contributed by atoms with Gasteiger partial charge in [0.2, 0.25) is 0 Å². The van der Waals surface area contributed by atoms with Crippen molar-refractivity contribution in [2.75, 3.05) is 6.54 Å². The number of aromatic nitrogens is 1. The van der Waals surface area contributed by atoms with Crippen LogP contribution in [-0.2, 0) is 9.53 Å². The minimum atomic E-state index is -0.615. The van der Waals surface area contributed by atoms with Crippen LogP contribution in [0.4, 0.5) is 0 Å². The van der Waals surface area contributed by atoms with E-state index in [0.29, 0.717) is 0 Å². The van der Waals surface area contributed by atoms with Crippen LogP contribution in [0.25, 0.3) is 0 Å². The van der Waals surface area contributed by atoms with E-state index in [2.05, 4.69) is 10.3 Å². The molecule has 2 N–H and O–H groups in total. The van der Waals surface area contributed by atoms with Crippen molar-refractivity contribution in [1.82, 2.24) is 10.3 Å². The fourth-order valence-corrected chi connectivity index (χ4v) is 1.46. The van der Waals surface area contributed by atoms with Crippen LogP contribution in [0, 0.1) is 0 Å². The molecule has 1 aromatic rings. The second kappa shape index (κ2) is 5.88. The Morgan fingerprint density at radius 1 is 1.47 bits per heavy atom. The lowest BCUT2D eigenvalue weighted by Gasteiger charge is -2.19. The van der Waals surface area contributed by atoms with Gasteiger partial charge < -0.3 is 15.2 Å². The van der Waals surface area contributed by atoms with Crippen LogP contribution in [0.5, 0.6) is 5.75 Å². The number of amides is 1. The third kappa shape index (κ3) is 5.13. The standard InChI is InChI=1S/C12H15ClN2O4/c1-12(2,3)19-9(17)6-15-11(18)10-8(13)4-7(16)5-14-10/h4-5,16H,6H2,1-3H3,(H,15,18). The summed E-state index contributed by atoms with van der Waals surface area (Å²) in [5.41, 5.74) is -0.681. The summed E-state index contributed by atoms with van der Waals surface area (Å²) >= 11 is 5.75. The van der Waals surface area contributed by atoms with Gasteiger partial charge in [-0.3, -0.25) is 9.59 Å². The molecule has 0 saturated carbocycles. The van der Waals surface area contributed by atoms with Crippen LogP contribution < -0.4 is 5.32 Å². The number of halogens is 1. The number of pyridine rings is 1. The van der Waals surface area contributed by atoms with Crippen LogP contribution in [-0.4, -0.2) is 34.1 Å². The van der Waals surface area contributed by atoms with Gasteiger partial charge in [0, 0.05) is 6.07 Å². The molecule has 1 amide bonds.